The lowest BCUT2D eigenvalue weighted by atomic mass is 10.1. The van der Waals surface area contributed by atoms with Crippen molar-refractivity contribution in [3.8, 4) is 11.5 Å². The second-order valence-corrected chi connectivity index (χ2v) is 9.77. The largest absolute Gasteiger partial charge is 0.505 e. The number of benzene rings is 3. The van der Waals surface area contributed by atoms with Crippen LogP contribution in [0.3, 0.4) is 0 Å². The van der Waals surface area contributed by atoms with Crippen LogP contribution in [0.25, 0.3) is 10.8 Å². The van der Waals surface area contributed by atoms with Crippen LogP contribution in [0.1, 0.15) is 0 Å². The summed E-state index contributed by atoms with van der Waals surface area (Å²) in [6, 6.07) is 5.42. The third kappa shape index (κ3) is 5.60. The van der Waals surface area contributed by atoms with Gasteiger partial charge in [0.2, 0.25) is 0 Å². The summed E-state index contributed by atoms with van der Waals surface area (Å²) < 4.78 is 64.1. The smallest absolute Gasteiger partial charge is 0.317 e. The highest BCUT2D eigenvalue weighted by Crippen LogP contribution is 2.44. The maximum Gasteiger partial charge on any atom is 0.317 e. The van der Waals surface area contributed by atoms with Crippen LogP contribution in [0.2, 0.25) is 0 Å². The lowest BCUT2D eigenvalue weighted by Crippen LogP contribution is -2.12. The van der Waals surface area contributed by atoms with Gasteiger partial charge >= 0.3 is 11.4 Å². The Balaban J connectivity index is 2.22. The Morgan fingerprint density at radius 1 is 0.889 bits per heavy atom. The number of fused-ring (bicyclic) bond motifs is 1. The van der Waals surface area contributed by atoms with Gasteiger partial charge in [0, 0.05) is 17.1 Å². The number of phenols is 2. The molecule has 0 amide bonds. The average molecular weight is 543 g/mol. The fraction of sp³-hybridized carbons (Fsp3) is 0.0588. The predicted molar refractivity (Wildman–Crippen MR) is 121 cm³/mol. The zero-order valence-corrected chi connectivity index (χ0v) is 19.0. The van der Waals surface area contributed by atoms with Gasteiger partial charge in [-0.25, -0.2) is 0 Å². The first-order chi connectivity index (χ1) is 16.6. The predicted octanol–water partition coefficient (Wildman–Crippen LogP) is 2.99. The van der Waals surface area contributed by atoms with Crippen LogP contribution in [0, 0.1) is 20.2 Å². The van der Waals surface area contributed by atoms with E-state index >= 15 is 0 Å². The number of rotatable bonds is 8. The maximum absolute atomic E-state index is 11.9. The van der Waals surface area contributed by atoms with Crippen molar-refractivity contribution in [2.45, 2.75) is 4.90 Å². The molecular weight excluding hydrogens is 530 g/mol. The molecule has 36 heavy (non-hydrogen) atoms. The third-order valence-electron chi connectivity index (χ3n) is 4.51. The number of nitro groups is 2. The Labute approximate surface area is 200 Å². The zero-order valence-electron chi connectivity index (χ0n) is 17.3. The molecule has 5 N–H and O–H groups in total. The van der Waals surface area contributed by atoms with Crippen molar-refractivity contribution >= 4 is 59.4 Å². The van der Waals surface area contributed by atoms with E-state index in [0.717, 1.165) is 12.1 Å². The van der Waals surface area contributed by atoms with E-state index in [1.54, 1.807) is 0 Å². The number of anilines is 1. The maximum atomic E-state index is 11.9. The van der Waals surface area contributed by atoms with E-state index in [2.05, 4.69) is 15.5 Å². The molecule has 0 fully saturated rings. The Morgan fingerprint density at radius 2 is 1.53 bits per heavy atom. The molecule has 0 saturated carbocycles. The van der Waals surface area contributed by atoms with E-state index in [9.17, 15) is 51.8 Å². The number of hydrogen-bond acceptors (Lipinski definition) is 13. The summed E-state index contributed by atoms with van der Waals surface area (Å²) in [5.41, 5.74) is -3.61. The van der Waals surface area contributed by atoms with Gasteiger partial charge in [0.1, 0.15) is 22.5 Å². The molecule has 190 valence electrons. The molecule has 0 aliphatic heterocycles. The minimum atomic E-state index is -5.06. The van der Waals surface area contributed by atoms with Gasteiger partial charge in [-0.15, -0.1) is 10.2 Å². The van der Waals surface area contributed by atoms with Crippen LogP contribution < -0.4 is 5.32 Å². The molecule has 0 atom stereocenters. The third-order valence-corrected chi connectivity index (χ3v) is 5.89. The molecule has 0 radical (unpaired) electrons. The van der Waals surface area contributed by atoms with Gasteiger partial charge in [-0.3, -0.25) is 29.3 Å². The van der Waals surface area contributed by atoms with Crippen LogP contribution >= 0.6 is 0 Å². The van der Waals surface area contributed by atoms with E-state index in [1.807, 2.05) is 0 Å². The van der Waals surface area contributed by atoms with Gasteiger partial charge in [0.05, 0.1) is 9.85 Å². The minimum absolute atomic E-state index is 0.0236. The minimum Gasteiger partial charge on any atom is -0.505 e. The number of nitrogens with one attached hydrogen (secondary N) is 1. The first kappa shape index (κ1) is 26.2. The van der Waals surface area contributed by atoms with Crippen molar-refractivity contribution in [3.05, 3.63) is 56.6 Å². The van der Waals surface area contributed by atoms with E-state index in [0.29, 0.717) is 12.1 Å². The zero-order chi connectivity index (χ0) is 27.0. The van der Waals surface area contributed by atoms with Crippen LogP contribution in [-0.2, 0) is 20.2 Å². The fourth-order valence-corrected chi connectivity index (χ4v) is 3.96. The van der Waals surface area contributed by atoms with E-state index in [-0.39, 0.29) is 16.5 Å². The molecular formula is C17H13N5O12S2. The summed E-state index contributed by atoms with van der Waals surface area (Å²) in [7, 11) is -9.48. The summed E-state index contributed by atoms with van der Waals surface area (Å²) in [5.74, 6) is -2.83. The lowest BCUT2D eigenvalue weighted by Gasteiger charge is -2.11. The van der Waals surface area contributed by atoms with Crippen molar-refractivity contribution in [1.29, 1.82) is 0 Å². The molecule has 0 heterocycles. The molecule has 0 unspecified atom stereocenters. The van der Waals surface area contributed by atoms with Gasteiger partial charge in [-0.2, -0.15) is 16.8 Å². The van der Waals surface area contributed by atoms with Crippen molar-refractivity contribution in [1.82, 2.24) is 0 Å². The molecule has 19 heteroatoms. The molecule has 3 aromatic rings. The summed E-state index contributed by atoms with van der Waals surface area (Å²) >= 11 is 0. The Morgan fingerprint density at radius 3 is 2.08 bits per heavy atom. The summed E-state index contributed by atoms with van der Waals surface area (Å²) in [4.78, 5) is 19.1. The summed E-state index contributed by atoms with van der Waals surface area (Å²) in [6.07, 6.45) is 0. The number of azo groups is 1. The number of phenolic OH excluding ortho intramolecular Hbond substituents is 2. The Kier molecular flexibility index (Phi) is 6.75. The quantitative estimate of drug-likeness (QED) is 0.118. The first-order valence-corrected chi connectivity index (χ1v) is 12.2. The molecule has 3 rings (SSSR count). The standard InChI is InChI=1S/C17H13N5O12S2/c23-14-5-11(12(21(25)26)6-13(14)22(27)28)19-20-16-15(36(32,33)34)3-8-1-2-9(4-10(8)17(16)24)18-7-35(29,30)31/h1-6,18,23-24H,7H2,(H,29,30,31)(H,32,33,34). The van der Waals surface area contributed by atoms with Crippen LogP contribution in [0.4, 0.5) is 28.4 Å². The van der Waals surface area contributed by atoms with Gasteiger partial charge < -0.3 is 15.5 Å². The molecule has 0 aliphatic rings. The van der Waals surface area contributed by atoms with Gasteiger partial charge in [-0.1, -0.05) is 6.07 Å². The molecule has 3 aromatic carbocycles. The highest BCUT2D eigenvalue weighted by molar-refractivity contribution is 7.86. The number of hydrogen-bond donors (Lipinski definition) is 5. The van der Waals surface area contributed by atoms with E-state index < -0.39 is 75.1 Å². The summed E-state index contributed by atoms with van der Waals surface area (Å²) in [6.45, 7) is 0. The normalized spacial score (nSPS) is 12.2. The first-order valence-electron chi connectivity index (χ1n) is 9.12. The number of nitro benzene ring substituents is 2. The van der Waals surface area contributed by atoms with Crippen molar-refractivity contribution in [2.75, 3.05) is 11.2 Å². The van der Waals surface area contributed by atoms with Crippen molar-refractivity contribution in [3.63, 3.8) is 0 Å². The highest BCUT2D eigenvalue weighted by atomic mass is 32.2. The molecule has 17 nitrogen and oxygen atoms in total. The topological polar surface area (TPSA) is 272 Å². The fourth-order valence-electron chi connectivity index (χ4n) is 2.95. The number of nitrogens with zero attached hydrogens (tertiary/aromatic N) is 4. The van der Waals surface area contributed by atoms with Crippen LogP contribution in [0.5, 0.6) is 11.5 Å². The Bertz CT molecular complexity index is 1670. The average Bonchev–Trinajstić information content (AvgIpc) is 2.75. The second-order valence-electron chi connectivity index (χ2n) is 6.93. The summed E-state index contributed by atoms with van der Waals surface area (Å²) in [5, 5.41) is 51.8. The van der Waals surface area contributed by atoms with Gasteiger partial charge in [0.15, 0.2) is 17.2 Å². The van der Waals surface area contributed by atoms with Crippen molar-refractivity contribution in [2.24, 2.45) is 10.2 Å². The van der Waals surface area contributed by atoms with Gasteiger partial charge in [0.25, 0.3) is 20.2 Å². The second kappa shape index (κ2) is 9.30. The Hall–Kier alpha value is -4.46. The molecule has 0 saturated heterocycles. The van der Waals surface area contributed by atoms with E-state index in [1.165, 1.54) is 12.1 Å². The SMILES string of the molecule is O=[N+]([O-])c1cc([N+](=O)[O-])c(N=Nc2c(S(=O)(=O)O)cc3ccc(NCS(=O)(=O)O)cc3c2O)cc1O. The monoisotopic (exact) mass is 543 g/mol. The van der Waals surface area contributed by atoms with Crippen molar-refractivity contribution < 1.29 is 46.0 Å². The highest BCUT2D eigenvalue weighted by Gasteiger charge is 2.26. The molecule has 0 bridgehead atoms. The van der Waals surface area contributed by atoms with Gasteiger partial charge in [-0.05, 0) is 23.6 Å². The number of aromatic hydroxyl groups is 2. The molecule has 0 aliphatic carbocycles. The van der Waals surface area contributed by atoms with E-state index in [4.69, 9.17) is 4.55 Å². The molecule has 0 aromatic heterocycles. The lowest BCUT2D eigenvalue weighted by molar-refractivity contribution is -0.394. The molecule has 0 spiro atoms. The van der Waals surface area contributed by atoms with Crippen LogP contribution in [-0.4, -0.2) is 51.9 Å². The van der Waals surface area contributed by atoms with Crippen LogP contribution in [0.15, 0.2) is 51.5 Å².